The molecule has 0 radical (unpaired) electrons. The summed E-state index contributed by atoms with van der Waals surface area (Å²) in [5.74, 6) is 1.44. The van der Waals surface area contributed by atoms with Crippen molar-refractivity contribution in [1.82, 2.24) is 0 Å². The van der Waals surface area contributed by atoms with E-state index in [-0.39, 0.29) is 5.41 Å². The predicted molar refractivity (Wildman–Crippen MR) is 125 cm³/mol. The molecule has 0 aromatic heterocycles. The van der Waals surface area contributed by atoms with Gasteiger partial charge in [-0.2, -0.15) is 0 Å². The lowest BCUT2D eigenvalue weighted by Crippen LogP contribution is -2.36. The lowest BCUT2D eigenvalue weighted by atomic mass is 9.61. The van der Waals surface area contributed by atoms with Crippen molar-refractivity contribution in [2.75, 3.05) is 0 Å². The van der Waals surface area contributed by atoms with Crippen LogP contribution in [0.5, 0.6) is 0 Å². The van der Waals surface area contributed by atoms with E-state index in [0.717, 1.165) is 17.6 Å². The van der Waals surface area contributed by atoms with E-state index in [1.54, 1.807) is 19.9 Å². The second-order valence-electron chi connectivity index (χ2n) is 11.0. The molecular formula is C27H42O4. The second kappa shape index (κ2) is 9.35. The van der Waals surface area contributed by atoms with E-state index < -0.39 is 23.9 Å². The maximum atomic E-state index is 10.2. The average molecular weight is 431 g/mol. The summed E-state index contributed by atoms with van der Waals surface area (Å²) in [5, 5.41) is 40.3. The molecule has 0 bridgehead atoms. The first kappa shape index (κ1) is 24.4. The van der Waals surface area contributed by atoms with Crippen LogP contribution in [0.1, 0.15) is 72.6 Å². The summed E-state index contributed by atoms with van der Waals surface area (Å²) in [7, 11) is 0. The maximum Gasteiger partial charge on any atom is 0.100 e. The molecule has 0 spiro atoms. The summed E-state index contributed by atoms with van der Waals surface area (Å²) in [4.78, 5) is 0. The minimum atomic E-state index is -1.13. The van der Waals surface area contributed by atoms with E-state index in [9.17, 15) is 20.4 Å². The van der Waals surface area contributed by atoms with Crippen LogP contribution < -0.4 is 0 Å². The Hall–Kier alpha value is -1.20. The molecule has 0 saturated heterocycles. The van der Waals surface area contributed by atoms with Crippen molar-refractivity contribution in [3.05, 3.63) is 47.6 Å². The molecule has 0 amide bonds. The first-order valence-electron chi connectivity index (χ1n) is 12.0. The van der Waals surface area contributed by atoms with Crippen molar-refractivity contribution < 1.29 is 20.4 Å². The van der Waals surface area contributed by atoms with Crippen LogP contribution in [0.25, 0.3) is 0 Å². The van der Waals surface area contributed by atoms with E-state index >= 15 is 0 Å². The maximum absolute atomic E-state index is 10.2. The first-order valence-corrected chi connectivity index (χ1v) is 12.0. The van der Waals surface area contributed by atoms with Gasteiger partial charge < -0.3 is 20.4 Å². The second-order valence-corrected chi connectivity index (χ2v) is 11.0. The highest BCUT2D eigenvalue weighted by Crippen LogP contribution is 2.59. The van der Waals surface area contributed by atoms with Crippen molar-refractivity contribution in [3.63, 3.8) is 0 Å². The molecule has 31 heavy (non-hydrogen) atoms. The zero-order valence-corrected chi connectivity index (χ0v) is 19.7. The summed E-state index contributed by atoms with van der Waals surface area (Å²) in [5.41, 5.74) is 2.30. The van der Waals surface area contributed by atoms with E-state index in [2.05, 4.69) is 38.7 Å². The van der Waals surface area contributed by atoms with Crippen molar-refractivity contribution in [2.24, 2.45) is 23.2 Å². The highest BCUT2D eigenvalue weighted by Gasteiger charge is 2.50. The van der Waals surface area contributed by atoms with Crippen LogP contribution in [-0.2, 0) is 0 Å². The van der Waals surface area contributed by atoms with E-state index in [1.165, 1.54) is 31.3 Å². The zero-order valence-electron chi connectivity index (χ0n) is 19.7. The van der Waals surface area contributed by atoms with E-state index in [0.29, 0.717) is 30.6 Å². The molecule has 0 heterocycles. The molecule has 4 N–H and O–H groups in total. The molecule has 3 saturated carbocycles. The Labute approximate surface area is 188 Å². The molecule has 7 atom stereocenters. The largest absolute Gasteiger partial charge is 0.393 e. The van der Waals surface area contributed by atoms with Gasteiger partial charge in [0, 0.05) is 6.42 Å². The monoisotopic (exact) mass is 430 g/mol. The molecule has 3 aliphatic rings. The third kappa shape index (κ3) is 5.24. The Kier molecular flexibility index (Phi) is 7.37. The van der Waals surface area contributed by atoms with Gasteiger partial charge in [0.15, 0.2) is 0 Å². The summed E-state index contributed by atoms with van der Waals surface area (Å²) >= 11 is 0. The molecule has 0 unspecified atom stereocenters. The third-order valence-electron chi connectivity index (χ3n) is 8.26. The van der Waals surface area contributed by atoms with Gasteiger partial charge in [-0.25, -0.2) is 0 Å². The van der Waals surface area contributed by atoms with Crippen molar-refractivity contribution in [2.45, 2.75) is 96.6 Å². The zero-order chi connectivity index (χ0) is 23.0. The summed E-state index contributed by atoms with van der Waals surface area (Å²) in [6.45, 7) is 12.0. The smallest absolute Gasteiger partial charge is 0.100 e. The molecule has 4 heteroatoms. The number of aliphatic hydroxyl groups is 4. The van der Waals surface area contributed by atoms with Gasteiger partial charge in [0.1, 0.15) is 6.10 Å². The lowest BCUT2D eigenvalue weighted by Gasteiger charge is -2.44. The molecule has 3 aliphatic carbocycles. The Morgan fingerprint density at radius 2 is 1.87 bits per heavy atom. The van der Waals surface area contributed by atoms with Crippen molar-refractivity contribution >= 4 is 0 Å². The normalized spacial score (nSPS) is 39.3. The van der Waals surface area contributed by atoms with Gasteiger partial charge in [0.2, 0.25) is 0 Å². The Morgan fingerprint density at radius 3 is 2.55 bits per heavy atom. The highest BCUT2D eigenvalue weighted by molar-refractivity contribution is 5.38. The van der Waals surface area contributed by atoms with Crippen LogP contribution >= 0.6 is 0 Å². The van der Waals surface area contributed by atoms with E-state index in [1.807, 2.05) is 0 Å². The minimum Gasteiger partial charge on any atom is -0.393 e. The topological polar surface area (TPSA) is 80.9 Å². The van der Waals surface area contributed by atoms with Crippen molar-refractivity contribution in [1.29, 1.82) is 0 Å². The Morgan fingerprint density at radius 1 is 1.16 bits per heavy atom. The van der Waals surface area contributed by atoms with Gasteiger partial charge in [-0.1, -0.05) is 50.3 Å². The number of fused-ring (bicyclic) bond motifs is 1. The summed E-state index contributed by atoms with van der Waals surface area (Å²) in [6.07, 6.45) is 13.0. The quantitative estimate of drug-likeness (QED) is 0.486. The summed E-state index contributed by atoms with van der Waals surface area (Å²) in [6, 6.07) is 0. The van der Waals surface area contributed by atoms with Crippen LogP contribution in [-0.4, -0.2) is 44.3 Å². The van der Waals surface area contributed by atoms with Crippen LogP contribution in [0.4, 0.5) is 0 Å². The first-order chi connectivity index (χ1) is 14.4. The van der Waals surface area contributed by atoms with Crippen LogP contribution in [0.3, 0.4) is 0 Å². The van der Waals surface area contributed by atoms with Gasteiger partial charge in [0.05, 0.1) is 17.8 Å². The molecule has 0 aromatic carbocycles. The van der Waals surface area contributed by atoms with Crippen LogP contribution in [0, 0.1) is 23.2 Å². The standard InChI is InChI=1S/C27H42O4/c1-17(8-13-25(30)26(3,4)31)22-11-12-23-19(7-6-14-27(22,23)5)9-10-20-15-21(28)16-24(29)18(20)2/h8-10,13,17,21-25,28-31H,2,6-7,11-12,14-16H2,1,3-5H3/b13-8+,19-9+,20-10+/t17-,21-,22-,23+,24+,25+,27-/m1/s1. The fraction of sp³-hybridized carbons (Fsp3) is 0.704. The number of allylic oxidation sites excluding steroid dienone is 4. The molecular weight excluding hydrogens is 388 g/mol. The third-order valence-corrected chi connectivity index (χ3v) is 8.26. The lowest BCUT2D eigenvalue weighted by molar-refractivity contribution is -0.0229. The van der Waals surface area contributed by atoms with Crippen molar-refractivity contribution in [3.8, 4) is 0 Å². The molecule has 0 aromatic rings. The predicted octanol–water partition coefficient (Wildman–Crippen LogP) is 4.45. The number of hydrogen-bond acceptors (Lipinski definition) is 4. The molecule has 4 nitrogen and oxygen atoms in total. The number of aliphatic hydroxyl groups excluding tert-OH is 3. The SMILES string of the molecule is C=C1/C(=C/C=C2\CCC[C@]3(C)[C@@H]([C@H](C)/C=C/[C@H](O)C(C)(C)O)CC[C@@H]23)C[C@@H](O)C[C@@H]1O. The molecule has 174 valence electrons. The van der Waals surface area contributed by atoms with Gasteiger partial charge in [-0.15, -0.1) is 0 Å². The molecule has 0 aliphatic heterocycles. The Bertz CT molecular complexity index is 756. The summed E-state index contributed by atoms with van der Waals surface area (Å²) < 4.78 is 0. The van der Waals surface area contributed by atoms with Gasteiger partial charge >= 0.3 is 0 Å². The fourth-order valence-corrected chi connectivity index (χ4v) is 6.26. The number of hydrogen-bond donors (Lipinski definition) is 4. The van der Waals surface area contributed by atoms with Crippen LogP contribution in [0.2, 0.25) is 0 Å². The average Bonchev–Trinajstić information content (AvgIpc) is 3.04. The number of rotatable bonds is 5. The van der Waals surface area contributed by atoms with Gasteiger partial charge in [0.25, 0.3) is 0 Å². The van der Waals surface area contributed by atoms with Crippen LogP contribution in [0.15, 0.2) is 47.6 Å². The molecule has 3 fully saturated rings. The fourth-order valence-electron chi connectivity index (χ4n) is 6.26. The molecule has 3 rings (SSSR count). The van der Waals surface area contributed by atoms with Gasteiger partial charge in [-0.3, -0.25) is 0 Å². The highest BCUT2D eigenvalue weighted by atomic mass is 16.3. The van der Waals surface area contributed by atoms with Gasteiger partial charge in [-0.05, 0) is 86.7 Å². The van der Waals surface area contributed by atoms with E-state index in [4.69, 9.17) is 0 Å². The minimum absolute atomic E-state index is 0.231. The Balaban J connectivity index is 1.76.